The summed E-state index contributed by atoms with van der Waals surface area (Å²) in [6.45, 7) is 0. The van der Waals surface area contributed by atoms with E-state index in [2.05, 4.69) is 0 Å². The SMILES string of the molecule is COC(=O)C1=C(C(=O)OC)C2OC1C1=C2C2=COC=C1CCCCC2. The van der Waals surface area contributed by atoms with Crippen molar-refractivity contribution < 1.29 is 28.5 Å². The van der Waals surface area contributed by atoms with Gasteiger partial charge in [-0.15, -0.1) is 0 Å². The lowest BCUT2D eigenvalue weighted by atomic mass is 9.79. The quantitative estimate of drug-likeness (QED) is 0.717. The molecule has 6 nitrogen and oxygen atoms in total. The van der Waals surface area contributed by atoms with Gasteiger partial charge in [0.2, 0.25) is 0 Å². The molecule has 25 heavy (non-hydrogen) atoms. The molecule has 0 aromatic rings. The van der Waals surface area contributed by atoms with Gasteiger partial charge in [-0.2, -0.15) is 0 Å². The third-order valence-electron chi connectivity index (χ3n) is 5.22. The Morgan fingerprint density at radius 2 is 1.36 bits per heavy atom. The van der Waals surface area contributed by atoms with Gasteiger partial charge in [-0.1, -0.05) is 6.42 Å². The van der Waals surface area contributed by atoms with Crippen molar-refractivity contribution in [2.45, 2.75) is 44.3 Å². The summed E-state index contributed by atoms with van der Waals surface area (Å²) in [5.41, 5.74) is 4.49. The Hall–Kier alpha value is -2.34. The molecule has 0 spiro atoms. The zero-order valence-corrected chi connectivity index (χ0v) is 14.3. The Morgan fingerprint density at radius 3 is 1.80 bits per heavy atom. The van der Waals surface area contributed by atoms with Crippen LogP contribution in [0.1, 0.15) is 32.1 Å². The minimum absolute atomic E-state index is 0.254. The third-order valence-corrected chi connectivity index (χ3v) is 5.22. The highest BCUT2D eigenvalue weighted by molar-refractivity contribution is 6.05. The molecule has 1 aliphatic carbocycles. The molecule has 2 atom stereocenters. The molecule has 0 N–H and O–H groups in total. The molecule has 0 amide bonds. The lowest BCUT2D eigenvalue weighted by Crippen LogP contribution is -2.26. The molecule has 0 saturated carbocycles. The predicted octanol–water partition coefficient (Wildman–Crippen LogP) is 2.47. The highest BCUT2D eigenvalue weighted by Crippen LogP contribution is 2.51. The lowest BCUT2D eigenvalue weighted by Gasteiger charge is -2.21. The fraction of sp³-hybridized carbons (Fsp3) is 0.474. The van der Waals surface area contributed by atoms with Crippen LogP contribution >= 0.6 is 0 Å². The number of carbonyl (C=O) groups is 2. The Balaban J connectivity index is 1.87. The first-order valence-electron chi connectivity index (χ1n) is 8.51. The van der Waals surface area contributed by atoms with E-state index in [1.807, 2.05) is 0 Å². The topological polar surface area (TPSA) is 71.1 Å². The summed E-state index contributed by atoms with van der Waals surface area (Å²) >= 11 is 0. The van der Waals surface area contributed by atoms with Crippen molar-refractivity contribution in [1.29, 1.82) is 0 Å². The fourth-order valence-corrected chi connectivity index (χ4v) is 4.12. The van der Waals surface area contributed by atoms with Crippen LogP contribution in [0.3, 0.4) is 0 Å². The summed E-state index contributed by atoms with van der Waals surface area (Å²) in [4.78, 5) is 24.7. The third kappa shape index (κ3) is 2.35. The number of rotatable bonds is 2. The van der Waals surface area contributed by atoms with Crippen LogP contribution in [0.4, 0.5) is 0 Å². The molecule has 0 fully saturated rings. The van der Waals surface area contributed by atoms with Crippen LogP contribution in [-0.4, -0.2) is 38.4 Å². The molecular weight excluding hydrogens is 324 g/mol. The molecule has 132 valence electrons. The average Bonchev–Trinajstić information content (AvgIpc) is 3.16. The molecule has 0 saturated heterocycles. The summed E-state index contributed by atoms with van der Waals surface area (Å²) in [5, 5.41) is 0. The minimum Gasteiger partial charge on any atom is -0.472 e. The standard InChI is InChI=1S/C19H20O6/c1-22-18(20)14-15(19(21)23-2)17-13-11-7-5-3-4-6-10(8-24-9-11)12(13)16(14)25-17/h8-9,16-17H,3-7H2,1-2H3. The Kier molecular flexibility index (Phi) is 4.00. The molecule has 4 aliphatic rings. The monoisotopic (exact) mass is 344 g/mol. The first-order chi connectivity index (χ1) is 12.2. The molecule has 0 radical (unpaired) electrons. The first kappa shape index (κ1) is 16.1. The van der Waals surface area contributed by atoms with Crippen LogP contribution in [-0.2, 0) is 28.5 Å². The summed E-state index contributed by atoms with van der Waals surface area (Å²) in [7, 11) is 2.61. The molecule has 2 unspecified atom stereocenters. The van der Waals surface area contributed by atoms with E-state index < -0.39 is 24.1 Å². The minimum atomic E-state index is -0.601. The van der Waals surface area contributed by atoms with Crippen molar-refractivity contribution in [3.63, 3.8) is 0 Å². The number of methoxy groups -OCH3 is 2. The second-order valence-corrected chi connectivity index (χ2v) is 6.52. The Labute approximate surface area is 145 Å². The van der Waals surface area contributed by atoms with Crippen molar-refractivity contribution >= 4 is 11.9 Å². The van der Waals surface area contributed by atoms with Crippen LogP contribution in [0.2, 0.25) is 0 Å². The van der Waals surface area contributed by atoms with Crippen LogP contribution in [0.15, 0.2) is 46.0 Å². The highest BCUT2D eigenvalue weighted by atomic mass is 16.5. The molecule has 4 rings (SSSR count). The molecule has 0 aromatic heterocycles. The summed E-state index contributed by atoms with van der Waals surface area (Å²) in [6, 6.07) is 0. The highest BCUT2D eigenvalue weighted by Gasteiger charge is 2.53. The normalized spacial score (nSPS) is 27.4. The number of esters is 2. The van der Waals surface area contributed by atoms with Crippen molar-refractivity contribution in [1.82, 2.24) is 0 Å². The van der Waals surface area contributed by atoms with Crippen LogP contribution in [0.5, 0.6) is 0 Å². The molecular formula is C19H20O6. The molecule has 4 bridgehead atoms. The van der Waals surface area contributed by atoms with E-state index in [0.717, 1.165) is 54.4 Å². The predicted molar refractivity (Wildman–Crippen MR) is 87.1 cm³/mol. The van der Waals surface area contributed by atoms with E-state index in [-0.39, 0.29) is 11.1 Å². The van der Waals surface area contributed by atoms with Crippen molar-refractivity contribution in [3.05, 3.63) is 46.0 Å². The number of fused-ring (bicyclic) bond motifs is 2. The van der Waals surface area contributed by atoms with E-state index in [9.17, 15) is 9.59 Å². The Bertz CT molecular complexity index is 707. The number of carbonyl (C=O) groups excluding carboxylic acids is 2. The molecule has 3 heterocycles. The maximum absolute atomic E-state index is 12.4. The molecule has 6 heteroatoms. The van der Waals surface area contributed by atoms with Gasteiger partial charge in [0.15, 0.2) is 0 Å². The van der Waals surface area contributed by atoms with Gasteiger partial charge >= 0.3 is 11.9 Å². The van der Waals surface area contributed by atoms with Crippen LogP contribution in [0, 0.1) is 0 Å². The first-order valence-corrected chi connectivity index (χ1v) is 8.51. The van der Waals surface area contributed by atoms with Crippen molar-refractivity contribution in [2.24, 2.45) is 0 Å². The van der Waals surface area contributed by atoms with Gasteiger partial charge in [0.05, 0.1) is 37.9 Å². The van der Waals surface area contributed by atoms with E-state index in [0.29, 0.717) is 0 Å². The lowest BCUT2D eigenvalue weighted by molar-refractivity contribution is -0.139. The van der Waals surface area contributed by atoms with Gasteiger partial charge in [-0.25, -0.2) is 9.59 Å². The van der Waals surface area contributed by atoms with Crippen molar-refractivity contribution in [3.8, 4) is 0 Å². The van der Waals surface area contributed by atoms with E-state index in [4.69, 9.17) is 18.9 Å². The van der Waals surface area contributed by atoms with Crippen LogP contribution in [0.25, 0.3) is 0 Å². The second-order valence-electron chi connectivity index (χ2n) is 6.52. The van der Waals surface area contributed by atoms with Gasteiger partial charge in [-0.05, 0) is 48.0 Å². The van der Waals surface area contributed by atoms with Gasteiger partial charge in [0, 0.05) is 0 Å². The zero-order chi connectivity index (χ0) is 17.6. The van der Waals surface area contributed by atoms with Gasteiger partial charge in [-0.3, -0.25) is 0 Å². The van der Waals surface area contributed by atoms with Gasteiger partial charge < -0.3 is 18.9 Å². The van der Waals surface area contributed by atoms with Gasteiger partial charge in [0.1, 0.15) is 12.2 Å². The fourth-order valence-electron chi connectivity index (χ4n) is 4.12. The maximum atomic E-state index is 12.4. The number of hydrogen-bond acceptors (Lipinski definition) is 6. The van der Waals surface area contributed by atoms with Crippen LogP contribution < -0.4 is 0 Å². The van der Waals surface area contributed by atoms with Gasteiger partial charge in [0.25, 0.3) is 0 Å². The summed E-state index contributed by atoms with van der Waals surface area (Å²) in [6.07, 6.45) is 7.23. The number of hydrogen-bond donors (Lipinski definition) is 0. The van der Waals surface area contributed by atoms with E-state index in [1.54, 1.807) is 12.5 Å². The summed E-state index contributed by atoms with van der Waals surface area (Å²) < 4.78 is 21.5. The zero-order valence-electron chi connectivity index (χ0n) is 14.3. The second kappa shape index (κ2) is 6.19. The van der Waals surface area contributed by atoms with Crippen molar-refractivity contribution in [2.75, 3.05) is 14.2 Å². The smallest absolute Gasteiger partial charge is 0.337 e. The molecule has 3 aliphatic heterocycles. The molecule has 0 aromatic carbocycles. The maximum Gasteiger partial charge on any atom is 0.337 e. The summed E-state index contributed by atoms with van der Waals surface area (Å²) in [5.74, 6) is -1.10. The van der Waals surface area contributed by atoms with E-state index >= 15 is 0 Å². The average molecular weight is 344 g/mol. The largest absolute Gasteiger partial charge is 0.472 e. The van der Waals surface area contributed by atoms with E-state index in [1.165, 1.54) is 14.2 Å². The number of ether oxygens (including phenoxy) is 4. The Morgan fingerprint density at radius 1 is 0.880 bits per heavy atom.